The zero-order valence-corrected chi connectivity index (χ0v) is 15.3. The van der Waals surface area contributed by atoms with Gasteiger partial charge >= 0.3 is 0 Å². The van der Waals surface area contributed by atoms with Crippen LogP contribution in [0.3, 0.4) is 0 Å². The van der Waals surface area contributed by atoms with Crippen LogP contribution in [0.5, 0.6) is 0 Å². The second kappa shape index (κ2) is 7.44. The molecule has 0 atom stereocenters. The van der Waals surface area contributed by atoms with E-state index < -0.39 is 15.9 Å². The molecule has 0 saturated carbocycles. The molecule has 0 saturated heterocycles. The molecule has 23 heavy (non-hydrogen) atoms. The fourth-order valence-corrected chi connectivity index (χ4v) is 3.32. The molecule has 122 valence electrons. The maximum Gasteiger partial charge on any atom is 0.243 e. The van der Waals surface area contributed by atoms with Crippen LogP contribution in [0.2, 0.25) is 5.02 Å². The molecule has 0 heterocycles. The predicted molar refractivity (Wildman–Crippen MR) is 94.0 cm³/mol. The lowest BCUT2D eigenvalue weighted by Crippen LogP contribution is -2.34. The van der Waals surface area contributed by atoms with Crippen molar-refractivity contribution in [2.45, 2.75) is 4.90 Å². The lowest BCUT2D eigenvalue weighted by Gasteiger charge is -2.17. The number of halogens is 2. The van der Waals surface area contributed by atoms with Gasteiger partial charge < -0.3 is 5.32 Å². The quantitative estimate of drug-likeness (QED) is 0.811. The van der Waals surface area contributed by atoms with E-state index in [0.29, 0.717) is 10.7 Å². The van der Waals surface area contributed by atoms with Gasteiger partial charge in [-0.25, -0.2) is 8.42 Å². The summed E-state index contributed by atoms with van der Waals surface area (Å²) in [5.74, 6) is -0.424. The van der Waals surface area contributed by atoms with Crippen molar-refractivity contribution >= 4 is 49.1 Å². The standard InChI is InChI=1S/C15H14BrClN2O3S/c1-19(23(21,22)14-8-4-12(17)5-9-14)10-15(20)18-13-6-2-11(16)3-7-13/h2-9H,10H2,1H3,(H,18,20). The summed E-state index contributed by atoms with van der Waals surface area (Å²) in [6, 6.07) is 12.8. The van der Waals surface area contributed by atoms with E-state index in [9.17, 15) is 13.2 Å². The first-order chi connectivity index (χ1) is 10.8. The first-order valence-corrected chi connectivity index (χ1v) is 9.17. The second-order valence-electron chi connectivity index (χ2n) is 4.77. The molecule has 0 radical (unpaired) electrons. The molecule has 0 spiro atoms. The van der Waals surface area contributed by atoms with Crippen molar-refractivity contribution in [2.24, 2.45) is 0 Å². The summed E-state index contributed by atoms with van der Waals surface area (Å²) in [6.07, 6.45) is 0. The van der Waals surface area contributed by atoms with Crippen LogP contribution in [-0.2, 0) is 14.8 Å². The van der Waals surface area contributed by atoms with Crippen molar-refractivity contribution in [1.82, 2.24) is 4.31 Å². The Bertz CT molecular complexity index is 792. The van der Waals surface area contributed by atoms with Crippen LogP contribution in [-0.4, -0.2) is 32.2 Å². The first kappa shape index (κ1) is 17.9. The fourth-order valence-electron chi connectivity index (χ4n) is 1.81. The van der Waals surface area contributed by atoms with Gasteiger partial charge in [0.05, 0.1) is 11.4 Å². The summed E-state index contributed by atoms with van der Waals surface area (Å²) in [5, 5.41) is 3.09. The fraction of sp³-hybridized carbons (Fsp3) is 0.133. The van der Waals surface area contributed by atoms with Crippen molar-refractivity contribution in [3.8, 4) is 0 Å². The van der Waals surface area contributed by atoms with Crippen LogP contribution in [0.4, 0.5) is 5.69 Å². The number of hydrogen-bond acceptors (Lipinski definition) is 3. The van der Waals surface area contributed by atoms with Crippen molar-refractivity contribution in [3.63, 3.8) is 0 Å². The van der Waals surface area contributed by atoms with Gasteiger partial charge in [0.15, 0.2) is 0 Å². The Morgan fingerprint density at radius 2 is 1.70 bits per heavy atom. The molecule has 1 amide bonds. The van der Waals surface area contributed by atoms with E-state index in [4.69, 9.17) is 11.6 Å². The van der Waals surface area contributed by atoms with Crippen LogP contribution in [0.15, 0.2) is 57.9 Å². The summed E-state index contributed by atoms with van der Waals surface area (Å²) >= 11 is 9.05. The minimum atomic E-state index is -3.74. The van der Waals surface area contributed by atoms with E-state index in [0.717, 1.165) is 8.78 Å². The number of nitrogens with one attached hydrogen (secondary N) is 1. The van der Waals surface area contributed by atoms with E-state index in [1.807, 2.05) is 0 Å². The van der Waals surface area contributed by atoms with Gasteiger partial charge in [-0.15, -0.1) is 0 Å². The number of rotatable bonds is 5. The Hall–Kier alpha value is -1.41. The average molecular weight is 418 g/mol. The molecule has 0 fully saturated rings. The summed E-state index contributed by atoms with van der Waals surface area (Å²) in [5.41, 5.74) is 0.593. The molecule has 2 rings (SSSR count). The normalized spacial score (nSPS) is 11.5. The number of hydrogen-bond donors (Lipinski definition) is 1. The number of likely N-dealkylation sites (N-methyl/N-ethyl adjacent to an activating group) is 1. The number of sulfonamides is 1. The molecule has 8 heteroatoms. The largest absolute Gasteiger partial charge is 0.325 e. The number of amides is 1. The van der Waals surface area contributed by atoms with E-state index in [1.54, 1.807) is 24.3 Å². The van der Waals surface area contributed by atoms with E-state index >= 15 is 0 Å². The molecule has 0 aromatic heterocycles. The van der Waals surface area contributed by atoms with Gasteiger partial charge in [0.1, 0.15) is 0 Å². The van der Waals surface area contributed by atoms with Gasteiger partial charge in [0.2, 0.25) is 15.9 Å². The lowest BCUT2D eigenvalue weighted by molar-refractivity contribution is -0.116. The van der Waals surface area contributed by atoms with Gasteiger partial charge in [-0.2, -0.15) is 4.31 Å². The topological polar surface area (TPSA) is 66.5 Å². The zero-order valence-electron chi connectivity index (χ0n) is 12.2. The number of nitrogens with zero attached hydrogens (tertiary/aromatic N) is 1. The average Bonchev–Trinajstić information content (AvgIpc) is 2.50. The molecule has 0 aliphatic carbocycles. The third kappa shape index (κ3) is 4.78. The number of carbonyl (C=O) groups excluding carboxylic acids is 1. The molecule has 0 bridgehead atoms. The highest BCUT2D eigenvalue weighted by Crippen LogP contribution is 2.18. The molecule has 2 aromatic carbocycles. The third-order valence-electron chi connectivity index (χ3n) is 3.02. The summed E-state index contributed by atoms with van der Waals surface area (Å²) in [6.45, 7) is -0.291. The Morgan fingerprint density at radius 1 is 1.13 bits per heavy atom. The number of anilines is 1. The van der Waals surface area contributed by atoms with Crippen LogP contribution in [0.1, 0.15) is 0 Å². The number of benzene rings is 2. The van der Waals surface area contributed by atoms with Crippen molar-refractivity contribution in [2.75, 3.05) is 18.9 Å². The van der Waals surface area contributed by atoms with E-state index in [-0.39, 0.29) is 11.4 Å². The highest BCUT2D eigenvalue weighted by molar-refractivity contribution is 9.10. The van der Waals surface area contributed by atoms with Gasteiger partial charge in [-0.3, -0.25) is 4.79 Å². The molecule has 5 nitrogen and oxygen atoms in total. The van der Waals surface area contributed by atoms with Crippen molar-refractivity contribution in [1.29, 1.82) is 0 Å². The van der Waals surface area contributed by atoms with Crippen LogP contribution < -0.4 is 5.32 Å². The molecule has 2 aromatic rings. The van der Waals surface area contributed by atoms with Gasteiger partial charge in [0, 0.05) is 22.2 Å². The molecule has 0 aliphatic heterocycles. The first-order valence-electron chi connectivity index (χ1n) is 6.56. The third-order valence-corrected chi connectivity index (χ3v) is 5.61. The van der Waals surface area contributed by atoms with Crippen molar-refractivity contribution < 1.29 is 13.2 Å². The summed E-state index contributed by atoms with van der Waals surface area (Å²) in [7, 11) is -2.39. The molecule has 0 aliphatic rings. The van der Waals surface area contributed by atoms with E-state index in [2.05, 4.69) is 21.2 Å². The zero-order chi connectivity index (χ0) is 17.0. The Labute approximate surface area is 148 Å². The maximum atomic E-state index is 12.4. The highest BCUT2D eigenvalue weighted by atomic mass is 79.9. The Balaban J connectivity index is 2.05. The van der Waals surface area contributed by atoms with Gasteiger partial charge in [-0.1, -0.05) is 27.5 Å². The minimum absolute atomic E-state index is 0.0841. The SMILES string of the molecule is CN(CC(=O)Nc1ccc(Br)cc1)S(=O)(=O)c1ccc(Cl)cc1. The molecule has 0 unspecified atom stereocenters. The molecule has 1 N–H and O–H groups in total. The summed E-state index contributed by atoms with van der Waals surface area (Å²) in [4.78, 5) is 12.1. The lowest BCUT2D eigenvalue weighted by atomic mass is 10.3. The molecular weight excluding hydrogens is 404 g/mol. The van der Waals surface area contributed by atoms with Gasteiger partial charge in [0.25, 0.3) is 0 Å². The minimum Gasteiger partial charge on any atom is -0.325 e. The monoisotopic (exact) mass is 416 g/mol. The van der Waals surface area contributed by atoms with Crippen molar-refractivity contribution in [3.05, 3.63) is 58.0 Å². The Morgan fingerprint density at radius 3 is 2.26 bits per heavy atom. The highest BCUT2D eigenvalue weighted by Gasteiger charge is 2.22. The predicted octanol–water partition coefficient (Wildman–Crippen LogP) is 3.36. The smallest absolute Gasteiger partial charge is 0.243 e. The van der Waals surface area contributed by atoms with Crippen LogP contribution in [0, 0.1) is 0 Å². The second-order valence-corrected chi connectivity index (χ2v) is 8.17. The van der Waals surface area contributed by atoms with E-state index in [1.165, 1.54) is 31.3 Å². The maximum absolute atomic E-state index is 12.4. The molecular formula is C15H14BrClN2O3S. The van der Waals surface area contributed by atoms with Crippen LogP contribution >= 0.6 is 27.5 Å². The van der Waals surface area contributed by atoms with Crippen LogP contribution in [0.25, 0.3) is 0 Å². The summed E-state index contributed by atoms with van der Waals surface area (Å²) < 4.78 is 26.6. The number of carbonyl (C=O) groups is 1. The Kier molecular flexibility index (Phi) is 5.80. The van der Waals surface area contributed by atoms with Gasteiger partial charge in [-0.05, 0) is 48.5 Å².